The minimum absolute atomic E-state index is 0.00484. The van der Waals surface area contributed by atoms with Gasteiger partial charge in [-0.2, -0.15) is 4.98 Å². The molecule has 2 aliphatic heterocycles. The van der Waals surface area contributed by atoms with E-state index in [4.69, 9.17) is 9.97 Å². The maximum Gasteiger partial charge on any atom is 0.227 e. The second-order valence-corrected chi connectivity index (χ2v) is 9.62. The van der Waals surface area contributed by atoms with Gasteiger partial charge in [0.1, 0.15) is 17.5 Å². The summed E-state index contributed by atoms with van der Waals surface area (Å²) in [6.07, 6.45) is 8.01. The number of benzene rings is 2. The van der Waals surface area contributed by atoms with Crippen molar-refractivity contribution in [1.29, 1.82) is 0 Å². The topological polar surface area (TPSA) is 44.3 Å². The number of nitrogens with one attached hydrogen (secondary N) is 1. The van der Waals surface area contributed by atoms with Gasteiger partial charge in [-0.15, -0.1) is 0 Å². The summed E-state index contributed by atoms with van der Waals surface area (Å²) in [4.78, 5) is 14.5. The summed E-state index contributed by atoms with van der Waals surface area (Å²) < 4.78 is 28.6. The van der Waals surface area contributed by atoms with Gasteiger partial charge < -0.3 is 15.1 Å². The van der Waals surface area contributed by atoms with Crippen molar-refractivity contribution < 1.29 is 8.78 Å². The third-order valence-electron chi connectivity index (χ3n) is 7.36. The molecule has 3 heterocycles. The van der Waals surface area contributed by atoms with Crippen LogP contribution >= 0.6 is 0 Å². The number of aryl methyl sites for hydroxylation is 1. The molecule has 1 N–H and O–H groups in total. The number of anilines is 2. The molecule has 7 heteroatoms. The lowest BCUT2D eigenvalue weighted by Gasteiger charge is -2.40. The Balaban J connectivity index is 1.38. The van der Waals surface area contributed by atoms with Gasteiger partial charge in [-0.25, -0.2) is 13.8 Å². The summed E-state index contributed by atoms with van der Waals surface area (Å²) in [6, 6.07) is 12.6. The fourth-order valence-corrected chi connectivity index (χ4v) is 5.32. The predicted molar refractivity (Wildman–Crippen MR) is 137 cm³/mol. The van der Waals surface area contributed by atoms with Crippen LogP contribution in [0.15, 0.2) is 48.7 Å². The maximum absolute atomic E-state index is 14.3. The number of rotatable bonds is 6. The molecule has 1 aromatic heterocycles. The summed E-state index contributed by atoms with van der Waals surface area (Å²) in [7, 11) is 0. The molecule has 0 aliphatic carbocycles. The van der Waals surface area contributed by atoms with Crippen molar-refractivity contribution in [3.05, 3.63) is 71.4 Å². The van der Waals surface area contributed by atoms with Crippen LogP contribution in [-0.4, -0.2) is 47.1 Å². The molecule has 2 aromatic carbocycles. The number of halogens is 2. The molecular weight excluding hydrogens is 444 g/mol. The Bertz CT molecular complexity index is 1130. The lowest BCUT2D eigenvalue weighted by Crippen LogP contribution is -2.47. The quantitative estimate of drug-likeness (QED) is 0.486. The van der Waals surface area contributed by atoms with Gasteiger partial charge in [0.2, 0.25) is 5.95 Å². The molecule has 2 saturated heterocycles. The number of piperidine rings is 2. The Labute approximate surface area is 206 Å². The van der Waals surface area contributed by atoms with Gasteiger partial charge in [-0.3, -0.25) is 0 Å². The van der Waals surface area contributed by atoms with Crippen molar-refractivity contribution in [1.82, 2.24) is 14.9 Å². The first kappa shape index (κ1) is 23.7. The van der Waals surface area contributed by atoms with E-state index in [1.165, 1.54) is 50.6 Å². The van der Waals surface area contributed by atoms with E-state index in [1.807, 2.05) is 37.4 Å². The number of aromatic nitrogens is 2. The molecule has 0 radical (unpaired) electrons. The summed E-state index contributed by atoms with van der Waals surface area (Å²) in [6.45, 7) is 6.29. The van der Waals surface area contributed by atoms with E-state index in [-0.39, 0.29) is 12.1 Å². The van der Waals surface area contributed by atoms with Gasteiger partial charge in [0, 0.05) is 43.0 Å². The molecule has 5 nitrogen and oxygen atoms in total. The second kappa shape index (κ2) is 10.7. The van der Waals surface area contributed by atoms with Crippen LogP contribution in [0, 0.1) is 18.6 Å². The zero-order valence-corrected chi connectivity index (χ0v) is 20.3. The average Bonchev–Trinajstić information content (AvgIpc) is 2.89. The average molecular weight is 478 g/mol. The van der Waals surface area contributed by atoms with Crippen molar-refractivity contribution in [3.8, 4) is 11.1 Å². The molecule has 0 atom stereocenters. The Morgan fingerprint density at radius 2 is 1.60 bits per heavy atom. The minimum Gasteiger partial charge on any atom is -0.365 e. The van der Waals surface area contributed by atoms with E-state index in [1.54, 1.807) is 0 Å². The molecule has 2 fully saturated rings. The van der Waals surface area contributed by atoms with Crippen LogP contribution in [0.1, 0.15) is 43.2 Å². The highest BCUT2D eigenvalue weighted by Gasteiger charge is 2.27. The van der Waals surface area contributed by atoms with Crippen LogP contribution in [0.5, 0.6) is 0 Å². The third-order valence-corrected chi connectivity index (χ3v) is 7.36. The molecule has 184 valence electrons. The van der Waals surface area contributed by atoms with E-state index in [0.717, 1.165) is 42.6 Å². The van der Waals surface area contributed by atoms with Gasteiger partial charge in [0.05, 0.1) is 0 Å². The van der Waals surface area contributed by atoms with Crippen molar-refractivity contribution in [3.63, 3.8) is 0 Å². The second-order valence-electron chi connectivity index (χ2n) is 9.62. The number of likely N-dealkylation sites (tertiary alicyclic amines) is 1. The van der Waals surface area contributed by atoms with Crippen molar-refractivity contribution in [2.24, 2.45) is 0 Å². The Hall–Kier alpha value is -3.06. The molecule has 5 rings (SSSR count). The first-order valence-electron chi connectivity index (χ1n) is 12.7. The highest BCUT2D eigenvalue weighted by Crippen LogP contribution is 2.31. The molecule has 0 spiro atoms. The molecule has 0 saturated carbocycles. The van der Waals surface area contributed by atoms with E-state index in [0.29, 0.717) is 17.8 Å². The van der Waals surface area contributed by atoms with E-state index < -0.39 is 11.6 Å². The first-order chi connectivity index (χ1) is 17.1. The number of hydrogen-bond acceptors (Lipinski definition) is 5. The lowest BCUT2D eigenvalue weighted by atomic mass is 10.00. The molecule has 2 aliphatic rings. The lowest BCUT2D eigenvalue weighted by molar-refractivity contribution is 0.141. The van der Waals surface area contributed by atoms with E-state index in [9.17, 15) is 8.78 Å². The molecule has 0 amide bonds. The molecule has 3 aromatic rings. The van der Waals surface area contributed by atoms with Gasteiger partial charge >= 0.3 is 0 Å². The normalized spacial score (nSPS) is 17.5. The van der Waals surface area contributed by atoms with Crippen LogP contribution in [0.25, 0.3) is 11.1 Å². The predicted octanol–water partition coefficient (Wildman–Crippen LogP) is 5.80. The van der Waals surface area contributed by atoms with Gasteiger partial charge in [0.15, 0.2) is 0 Å². The highest BCUT2D eigenvalue weighted by atomic mass is 19.1. The van der Waals surface area contributed by atoms with Crippen molar-refractivity contribution in [2.75, 3.05) is 36.4 Å². The largest absolute Gasteiger partial charge is 0.365 e. The number of hydrogen-bond donors (Lipinski definition) is 1. The maximum atomic E-state index is 14.3. The van der Waals surface area contributed by atoms with Gasteiger partial charge in [-0.05, 0) is 69.0 Å². The summed E-state index contributed by atoms with van der Waals surface area (Å²) >= 11 is 0. The smallest absolute Gasteiger partial charge is 0.227 e. The SMILES string of the molecule is Cc1ccccc1-c1cnc(N2CCC(N3CCCCC3)CC2)nc1NCc1c(F)cccc1F. The van der Waals surface area contributed by atoms with Crippen LogP contribution in [-0.2, 0) is 6.54 Å². The Morgan fingerprint density at radius 3 is 2.31 bits per heavy atom. The molecular formula is C28H33F2N5. The van der Waals surface area contributed by atoms with Crippen LogP contribution in [0.4, 0.5) is 20.5 Å². The summed E-state index contributed by atoms with van der Waals surface area (Å²) in [5.41, 5.74) is 2.92. The third kappa shape index (κ3) is 5.30. The van der Waals surface area contributed by atoms with E-state index in [2.05, 4.69) is 15.1 Å². The molecule has 0 bridgehead atoms. The standard InChI is InChI=1S/C28H33F2N5/c1-20-8-3-4-9-22(20)23-18-32-28(33-27(23)31-19-24-25(29)10-7-11-26(24)30)35-16-12-21(13-17-35)34-14-5-2-6-15-34/h3-4,7-11,18,21H,2,5-6,12-17,19H2,1H3,(H,31,32,33). The first-order valence-corrected chi connectivity index (χ1v) is 12.7. The zero-order chi connectivity index (χ0) is 24.2. The zero-order valence-electron chi connectivity index (χ0n) is 20.3. The molecule has 0 unspecified atom stereocenters. The van der Waals surface area contributed by atoms with Crippen LogP contribution in [0.2, 0.25) is 0 Å². The number of nitrogens with zero attached hydrogens (tertiary/aromatic N) is 4. The van der Waals surface area contributed by atoms with Crippen LogP contribution < -0.4 is 10.2 Å². The fourth-order valence-electron chi connectivity index (χ4n) is 5.32. The summed E-state index contributed by atoms with van der Waals surface area (Å²) in [5.74, 6) is 0.119. The van der Waals surface area contributed by atoms with Crippen molar-refractivity contribution in [2.45, 2.75) is 51.6 Å². The van der Waals surface area contributed by atoms with E-state index >= 15 is 0 Å². The summed E-state index contributed by atoms with van der Waals surface area (Å²) in [5, 5.41) is 3.21. The monoisotopic (exact) mass is 477 g/mol. The van der Waals surface area contributed by atoms with Crippen molar-refractivity contribution >= 4 is 11.8 Å². The Kier molecular flexibility index (Phi) is 7.23. The highest BCUT2D eigenvalue weighted by molar-refractivity contribution is 5.77. The van der Waals surface area contributed by atoms with Gasteiger partial charge in [-0.1, -0.05) is 36.8 Å². The van der Waals surface area contributed by atoms with Gasteiger partial charge in [0.25, 0.3) is 0 Å². The van der Waals surface area contributed by atoms with Crippen LogP contribution in [0.3, 0.4) is 0 Å². The Morgan fingerprint density at radius 1 is 0.886 bits per heavy atom. The molecule has 35 heavy (non-hydrogen) atoms. The fraction of sp³-hybridized carbons (Fsp3) is 0.429. The minimum atomic E-state index is -0.566.